The van der Waals surface area contributed by atoms with E-state index in [1.807, 2.05) is 17.1 Å². The largest absolute Gasteiger partial charge is 0.376 e. The lowest BCUT2D eigenvalue weighted by Gasteiger charge is -2.36. The summed E-state index contributed by atoms with van der Waals surface area (Å²) in [5.74, 6) is 0. The summed E-state index contributed by atoms with van der Waals surface area (Å²) >= 11 is 0. The first kappa shape index (κ1) is 13.3. The van der Waals surface area contributed by atoms with Gasteiger partial charge in [0.1, 0.15) is 0 Å². The van der Waals surface area contributed by atoms with E-state index in [1.165, 1.54) is 5.56 Å². The van der Waals surface area contributed by atoms with Crippen molar-refractivity contribution in [3.63, 3.8) is 0 Å². The average molecular weight is 271 g/mol. The Morgan fingerprint density at radius 2 is 2.05 bits per heavy atom. The Hall–Kier alpha value is -1.65. The summed E-state index contributed by atoms with van der Waals surface area (Å²) < 4.78 is 7.69. The molecule has 20 heavy (non-hydrogen) atoms. The van der Waals surface area contributed by atoms with Gasteiger partial charge in [0.25, 0.3) is 0 Å². The van der Waals surface area contributed by atoms with Crippen molar-refractivity contribution in [2.24, 2.45) is 0 Å². The van der Waals surface area contributed by atoms with Gasteiger partial charge in [0.05, 0.1) is 19.0 Å². The van der Waals surface area contributed by atoms with Crippen LogP contribution in [0.5, 0.6) is 0 Å². The minimum atomic E-state index is 0.330. The molecule has 0 saturated carbocycles. The van der Waals surface area contributed by atoms with Crippen molar-refractivity contribution < 1.29 is 4.74 Å². The number of ether oxygens (including phenoxy) is 1. The molecule has 3 rings (SSSR count). The molecule has 0 amide bonds. The van der Waals surface area contributed by atoms with Gasteiger partial charge in [-0.05, 0) is 31.5 Å². The third-order valence-corrected chi connectivity index (χ3v) is 3.86. The predicted molar refractivity (Wildman–Crippen MR) is 78.9 cm³/mol. The van der Waals surface area contributed by atoms with Crippen LogP contribution < -0.4 is 0 Å². The Kier molecular flexibility index (Phi) is 3.85. The van der Waals surface area contributed by atoms with Crippen LogP contribution in [0, 0.1) is 0 Å². The van der Waals surface area contributed by atoms with Crippen molar-refractivity contribution in [3.05, 3.63) is 48.5 Å². The van der Waals surface area contributed by atoms with Crippen molar-refractivity contribution >= 4 is 0 Å². The zero-order valence-electron chi connectivity index (χ0n) is 12.1. The zero-order chi connectivity index (χ0) is 13.9. The van der Waals surface area contributed by atoms with E-state index in [0.29, 0.717) is 12.1 Å². The van der Waals surface area contributed by atoms with Crippen LogP contribution in [0.25, 0.3) is 5.69 Å². The highest BCUT2D eigenvalue weighted by Crippen LogP contribution is 2.16. The van der Waals surface area contributed by atoms with Crippen molar-refractivity contribution in [1.29, 1.82) is 0 Å². The molecular formula is C16H21N3O. The Morgan fingerprint density at radius 1 is 1.25 bits per heavy atom. The van der Waals surface area contributed by atoms with Gasteiger partial charge < -0.3 is 9.30 Å². The fraction of sp³-hybridized carbons (Fsp3) is 0.438. The van der Waals surface area contributed by atoms with Gasteiger partial charge in [-0.15, -0.1) is 0 Å². The highest BCUT2D eigenvalue weighted by atomic mass is 16.5. The second kappa shape index (κ2) is 5.77. The molecule has 0 spiro atoms. The van der Waals surface area contributed by atoms with Crippen LogP contribution in [-0.2, 0) is 11.3 Å². The molecule has 0 radical (unpaired) electrons. The Balaban J connectivity index is 1.69. The molecule has 4 nitrogen and oxygen atoms in total. The van der Waals surface area contributed by atoms with E-state index in [9.17, 15) is 0 Å². The molecule has 106 valence electrons. The van der Waals surface area contributed by atoms with Crippen LogP contribution in [-0.4, -0.2) is 39.7 Å². The molecule has 1 aromatic carbocycles. The number of aromatic nitrogens is 2. The normalized spacial score (nSPS) is 23.9. The molecule has 2 atom stereocenters. The van der Waals surface area contributed by atoms with E-state index in [0.717, 1.165) is 25.4 Å². The standard InChI is InChI=1S/C16H21N3O/c1-13-11-20-14(2)9-19(13)10-15-3-5-16(6-4-15)18-8-7-17-12-18/h3-8,12-14H,9-11H2,1-2H3. The first-order chi connectivity index (χ1) is 9.72. The highest BCUT2D eigenvalue weighted by molar-refractivity contribution is 5.34. The number of imidazole rings is 1. The lowest BCUT2D eigenvalue weighted by Crippen LogP contribution is -2.46. The molecule has 1 aromatic heterocycles. The smallest absolute Gasteiger partial charge is 0.0991 e. The Labute approximate surface area is 120 Å². The number of hydrogen-bond acceptors (Lipinski definition) is 3. The number of morpholine rings is 1. The second-order valence-corrected chi connectivity index (χ2v) is 5.56. The molecular weight excluding hydrogens is 250 g/mol. The summed E-state index contributed by atoms with van der Waals surface area (Å²) in [5, 5.41) is 0. The summed E-state index contributed by atoms with van der Waals surface area (Å²) in [5.41, 5.74) is 2.49. The van der Waals surface area contributed by atoms with E-state index >= 15 is 0 Å². The van der Waals surface area contributed by atoms with Crippen molar-refractivity contribution in [3.8, 4) is 5.69 Å². The number of rotatable bonds is 3. The maximum atomic E-state index is 5.67. The van der Waals surface area contributed by atoms with Crippen molar-refractivity contribution in [2.75, 3.05) is 13.2 Å². The van der Waals surface area contributed by atoms with Gasteiger partial charge >= 0.3 is 0 Å². The first-order valence-electron chi connectivity index (χ1n) is 7.15. The van der Waals surface area contributed by atoms with E-state index in [2.05, 4.69) is 48.0 Å². The third kappa shape index (κ3) is 2.92. The molecule has 2 unspecified atom stereocenters. The Morgan fingerprint density at radius 3 is 2.75 bits per heavy atom. The van der Waals surface area contributed by atoms with Gasteiger partial charge in [-0.25, -0.2) is 4.98 Å². The van der Waals surface area contributed by atoms with Crippen LogP contribution in [0.1, 0.15) is 19.4 Å². The lowest BCUT2D eigenvalue weighted by atomic mass is 10.1. The van der Waals surface area contributed by atoms with Crippen molar-refractivity contribution in [2.45, 2.75) is 32.5 Å². The fourth-order valence-corrected chi connectivity index (χ4v) is 2.61. The van der Waals surface area contributed by atoms with Gasteiger partial charge in [0.15, 0.2) is 0 Å². The molecule has 1 saturated heterocycles. The van der Waals surface area contributed by atoms with Crippen LogP contribution in [0.2, 0.25) is 0 Å². The molecule has 0 aliphatic carbocycles. The number of hydrogen-bond donors (Lipinski definition) is 0. The Bertz CT molecular complexity index is 535. The monoisotopic (exact) mass is 271 g/mol. The highest BCUT2D eigenvalue weighted by Gasteiger charge is 2.23. The molecule has 1 aliphatic heterocycles. The van der Waals surface area contributed by atoms with Crippen LogP contribution >= 0.6 is 0 Å². The van der Waals surface area contributed by atoms with Gasteiger partial charge in [-0.3, -0.25) is 4.90 Å². The second-order valence-electron chi connectivity index (χ2n) is 5.56. The number of benzene rings is 1. The molecule has 4 heteroatoms. The summed E-state index contributed by atoms with van der Waals surface area (Å²) in [6.45, 7) is 7.19. The van der Waals surface area contributed by atoms with E-state index in [1.54, 1.807) is 6.20 Å². The van der Waals surface area contributed by atoms with Gasteiger partial charge in [0, 0.05) is 37.2 Å². The molecule has 0 bridgehead atoms. The average Bonchev–Trinajstić information content (AvgIpc) is 2.98. The molecule has 1 fully saturated rings. The third-order valence-electron chi connectivity index (χ3n) is 3.86. The quantitative estimate of drug-likeness (QED) is 0.859. The first-order valence-corrected chi connectivity index (χ1v) is 7.15. The molecule has 1 aliphatic rings. The molecule has 0 N–H and O–H groups in total. The minimum Gasteiger partial charge on any atom is -0.376 e. The summed E-state index contributed by atoms with van der Waals surface area (Å²) in [4.78, 5) is 6.56. The van der Waals surface area contributed by atoms with Crippen molar-refractivity contribution in [1.82, 2.24) is 14.5 Å². The maximum absolute atomic E-state index is 5.67. The van der Waals surface area contributed by atoms with Gasteiger partial charge in [-0.1, -0.05) is 12.1 Å². The topological polar surface area (TPSA) is 30.3 Å². The molecule has 2 heterocycles. The molecule has 2 aromatic rings. The number of nitrogens with zero attached hydrogens (tertiary/aromatic N) is 3. The van der Waals surface area contributed by atoms with Gasteiger partial charge in [-0.2, -0.15) is 0 Å². The van der Waals surface area contributed by atoms with E-state index in [-0.39, 0.29) is 0 Å². The SMILES string of the molecule is CC1CN(Cc2ccc(-n3ccnc3)cc2)C(C)CO1. The van der Waals surface area contributed by atoms with Crippen LogP contribution in [0.3, 0.4) is 0 Å². The van der Waals surface area contributed by atoms with Crippen LogP contribution in [0.4, 0.5) is 0 Å². The zero-order valence-corrected chi connectivity index (χ0v) is 12.1. The van der Waals surface area contributed by atoms with E-state index in [4.69, 9.17) is 4.74 Å². The maximum Gasteiger partial charge on any atom is 0.0991 e. The summed E-state index contributed by atoms with van der Waals surface area (Å²) in [7, 11) is 0. The summed E-state index contributed by atoms with van der Waals surface area (Å²) in [6, 6.07) is 9.17. The lowest BCUT2D eigenvalue weighted by molar-refractivity contribution is -0.0526. The predicted octanol–water partition coefficient (Wildman–Crippen LogP) is 2.48. The fourth-order valence-electron chi connectivity index (χ4n) is 2.61. The minimum absolute atomic E-state index is 0.330. The summed E-state index contributed by atoms with van der Waals surface area (Å²) in [6.07, 6.45) is 5.91. The van der Waals surface area contributed by atoms with Crippen LogP contribution in [0.15, 0.2) is 43.0 Å². The van der Waals surface area contributed by atoms with Gasteiger partial charge in [0.2, 0.25) is 0 Å². The van der Waals surface area contributed by atoms with E-state index < -0.39 is 0 Å².